The quantitative estimate of drug-likeness (QED) is 0.304. The normalized spacial score (nSPS) is 28.1. The van der Waals surface area contributed by atoms with Gasteiger partial charge in [-0.1, -0.05) is 59.6 Å². The van der Waals surface area contributed by atoms with Crippen molar-refractivity contribution in [2.75, 3.05) is 19.1 Å². The largest absolute Gasteiger partial charge is 0.502 e. The first-order valence-electron chi connectivity index (χ1n) is 15.1. The number of fused-ring (bicyclic) bond motifs is 4. The molecule has 3 N–H and O–H groups in total. The van der Waals surface area contributed by atoms with Gasteiger partial charge in [-0.05, 0) is 60.2 Å². The molecule has 3 aromatic carbocycles. The summed E-state index contributed by atoms with van der Waals surface area (Å²) in [7, 11) is 2.77. The van der Waals surface area contributed by atoms with E-state index >= 15 is 4.79 Å². The number of ether oxygens (including phenoxy) is 2. The molecule has 2 saturated heterocycles. The molecule has 0 aromatic heterocycles. The van der Waals surface area contributed by atoms with Crippen molar-refractivity contribution in [3.05, 3.63) is 94.5 Å². The SMILES string of the molecule is COc1cc(C2C3=CCC4C(=O)N(C(N)=O)C(=O)C4C3CC3C(=O)N(c4cccc(Cl)c4)C(=O)C32c2ccccc2)cc(OC)c1O. The number of imide groups is 4. The first-order chi connectivity index (χ1) is 22.6. The maximum absolute atomic E-state index is 15.2. The van der Waals surface area contributed by atoms with E-state index < -0.39 is 64.7 Å². The number of methoxy groups -OCH3 is 2. The van der Waals surface area contributed by atoms with Crippen LogP contribution in [0.5, 0.6) is 17.2 Å². The van der Waals surface area contributed by atoms with Gasteiger partial charge in [0, 0.05) is 10.9 Å². The van der Waals surface area contributed by atoms with E-state index in [1.807, 2.05) is 12.1 Å². The number of allylic oxidation sites excluding steroid dienone is 2. The van der Waals surface area contributed by atoms with Crippen LogP contribution in [0.2, 0.25) is 5.02 Å². The van der Waals surface area contributed by atoms with Crippen LogP contribution in [0.3, 0.4) is 0 Å². The fraction of sp³-hybridized carbons (Fsp3) is 0.286. The summed E-state index contributed by atoms with van der Waals surface area (Å²) >= 11 is 6.34. The highest BCUT2D eigenvalue weighted by molar-refractivity contribution is 6.32. The Morgan fingerprint density at radius 1 is 0.915 bits per heavy atom. The van der Waals surface area contributed by atoms with Crippen molar-refractivity contribution in [2.24, 2.45) is 29.4 Å². The number of hydrogen-bond donors (Lipinski definition) is 2. The number of halogens is 1. The lowest BCUT2D eigenvalue weighted by molar-refractivity contribution is -0.136. The van der Waals surface area contributed by atoms with E-state index in [1.165, 1.54) is 14.2 Å². The molecule has 3 fully saturated rings. The number of aromatic hydroxyl groups is 1. The summed E-state index contributed by atoms with van der Waals surface area (Å²) in [5, 5.41) is 11.2. The summed E-state index contributed by atoms with van der Waals surface area (Å²) in [4.78, 5) is 70.9. The molecule has 2 aliphatic heterocycles. The van der Waals surface area contributed by atoms with Gasteiger partial charge < -0.3 is 20.3 Å². The van der Waals surface area contributed by atoms with Crippen LogP contribution in [-0.4, -0.2) is 53.9 Å². The van der Waals surface area contributed by atoms with Crippen molar-refractivity contribution >= 4 is 46.9 Å². The average molecular weight is 656 g/mol. The molecule has 1 saturated carbocycles. The number of hydrogen-bond acceptors (Lipinski definition) is 8. The summed E-state index contributed by atoms with van der Waals surface area (Å²) < 4.78 is 11.0. The van der Waals surface area contributed by atoms with Crippen LogP contribution in [0.4, 0.5) is 10.5 Å². The summed E-state index contributed by atoms with van der Waals surface area (Å²) in [5.41, 5.74) is 5.93. The van der Waals surface area contributed by atoms with E-state index in [-0.39, 0.29) is 30.1 Å². The van der Waals surface area contributed by atoms with Crippen molar-refractivity contribution in [3.63, 3.8) is 0 Å². The van der Waals surface area contributed by atoms with Gasteiger partial charge in [-0.25, -0.2) is 9.69 Å². The Kier molecular flexibility index (Phi) is 7.12. The lowest BCUT2D eigenvalue weighted by atomic mass is 9.49. The molecule has 6 atom stereocenters. The Hall–Kier alpha value is -5.16. The molecule has 0 spiro atoms. The molecule has 2 heterocycles. The van der Waals surface area contributed by atoms with E-state index in [9.17, 15) is 24.3 Å². The fourth-order valence-corrected chi connectivity index (χ4v) is 8.60. The Labute approximate surface area is 274 Å². The third-order valence-electron chi connectivity index (χ3n) is 10.2. The maximum Gasteiger partial charge on any atom is 0.328 e. The number of urea groups is 1. The number of carbonyl (C=O) groups excluding carboxylic acids is 5. The molecule has 47 heavy (non-hydrogen) atoms. The van der Waals surface area contributed by atoms with Crippen molar-refractivity contribution in [1.29, 1.82) is 0 Å². The monoisotopic (exact) mass is 655 g/mol. The number of nitrogens with zero attached hydrogens (tertiary/aromatic N) is 2. The first-order valence-corrected chi connectivity index (χ1v) is 15.5. The lowest BCUT2D eigenvalue weighted by Crippen LogP contribution is -2.53. The van der Waals surface area contributed by atoms with Crippen LogP contribution in [0, 0.1) is 23.7 Å². The topological polar surface area (TPSA) is 157 Å². The number of phenolic OH excluding ortho intramolecular Hbond substituents is 1. The molecule has 240 valence electrons. The molecule has 12 heteroatoms. The van der Waals surface area contributed by atoms with Crippen molar-refractivity contribution in [3.8, 4) is 17.2 Å². The smallest absolute Gasteiger partial charge is 0.328 e. The molecule has 6 unspecified atom stereocenters. The average Bonchev–Trinajstić information content (AvgIpc) is 3.46. The second-order valence-electron chi connectivity index (χ2n) is 12.2. The third-order valence-corrected chi connectivity index (χ3v) is 10.5. The zero-order valence-corrected chi connectivity index (χ0v) is 26.1. The minimum Gasteiger partial charge on any atom is -0.502 e. The molecule has 0 bridgehead atoms. The Morgan fingerprint density at radius 3 is 2.21 bits per heavy atom. The second-order valence-corrected chi connectivity index (χ2v) is 12.7. The van der Waals surface area contributed by atoms with Crippen LogP contribution in [0.15, 0.2) is 78.4 Å². The molecule has 6 amide bonds. The number of phenols is 1. The predicted molar refractivity (Wildman–Crippen MR) is 169 cm³/mol. The Balaban J connectivity index is 1.54. The molecular formula is C35H30ClN3O8. The van der Waals surface area contributed by atoms with Gasteiger partial charge in [0.05, 0.1) is 43.1 Å². The van der Waals surface area contributed by atoms with E-state index in [1.54, 1.807) is 60.7 Å². The van der Waals surface area contributed by atoms with Crippen LogP contribution >= 0.6 is 11.6 Å². The number of nitrogens with two attached hydrogens (primary N) is 1. The van der Waals surface area contributed by atoms with Gasteiger partial charge >= 0.3 is 6.03 Å². The summed E-state index contributed by atoms with van der Waals surface area (Å²) in [5.74, 6) is -6.94. The van der Waals surface area contributed by atoms with E-state index in [2.05, 4.69) is 0 Å². The summed E-state index contributed by atoms with van der Waals surface area (Å²) in [6.45, 7) is 0. The summed E-state index contributed by atoms with van der Waals surface area (Å²) in [6, 6.07) is 17.5. The van der Waals surface area contributed by atoms with E-state index in [4.69, 9.17) is 26.8 Å². The third kappa shape index (κ3) is 4.15. The van der Waals surface area contributed by atoms with E-state index in [0.717, 1.165) is 4.90 Å². The Morgan fingerprint density at radius 2 is 1.60 bits per heavy atom. The number of amides is 6. The van der Waals surface area contributed by atoms with Crippen molar-refractivity contribution in [2.45, 2.75) is 24.2 Å². The fourth-order valence-electron chi connectivity index (χ4n) is 8.42. The number of rotatable bonds is 5. The molecule has 3 aromatic rings. The van der Waals surface area contributed by atoms with Gasteiger partial charge in [0.1, 0.15) is 0 Å². The predicted octanol–water partition coefficient (Wildman–Crippen LogP) is 4.30. The number of benzene rings is 3. The molecule has 7 rings (SSSR count). The highest BCUT2D eigenvalue weighted by atomic mass is 35.5. The van der Waals surface area contributed by atoms with Gasteiger partial charge in [0.2, 0.25) is 29.4 Å². The zero-order valence-electron chi connectivity index (χ0n) is 25.4. The van der Waals surface area contributed by atoms with Gasteiger partial charge in [-0.3, -0.25) is 19.2 Å². The van der Waals surface area contributed by atoms with Gasteiger partial charge in [0.15, 0.2) is 11.5 Å². The minimum absolute atomic E-state index is 0.0397. The minimum atomic E-state index is -1.54. The van der Waals surface area contributed by atoms with Gasteiger partial charge in [-0.2, -0.15) is 4.90 Å². The van der Waals surface area contributed by atoms with E-state index in [0.29, 0.717) is 32.3 Å². The van der Waals surface area contributed by atoms with Crippen LogP contribution in [0.1, 0.15) is 29.9 Å². The number of primary amides is 1. The van der Waals surface area contributed by atoms with Crippen molar-refractivity contribution in [1.82, 2.24) is 4.90 Å². The Bertz CT molecular complexity index is 1890. The van der Waals surface area contributed by atoms with Gasteiger partial charge in [0.25, 0.3) is 0 Å². The maximum atomic E-state index is 15.2. The molecule has 0 radical (unpaired) electrons. The first kappa shape index (κ1) is 30.5. The molecule has 2 aliphatic carbocycles. The highest BCUT2D eigenvalue weighted by Crippen LogP contribution is 2.65. The van der Waals surface area contributed by atoms with Crippen LogP contribution in [-0.2, 0) is 24.6 Å². The molecule has 11 nitrogen and oxygen atoms in total. The van der Waals surface area contributed by atoms with Crippen LogP contribution in [0.25, 0.3) is 0 Å². The van der Waals surface area contributed by atoms with Crippen LogP contribution < -0.4 is 20.1 Å². The highest BCUT2D eigenvalue weighted by Gasteiger charge is 2.70. The number of anilines is 1. The van der Waals surface area contributed by atoms with Gasteiger partial charge in [-0.15, -0.1) is 0 Å². The summed E-state index contributed by atoms with van der Waals surface area (Å²) in [6.07, 6.45) is 2.00. The van der Waals surface area contributed by atoms with Crippen molar-refractivity contribution < 1.29 is 38.6 Å². The number of carbonyl (C=O) groups is 5. The second kappa shape index (κ2) is 11.0. The lowest BCUT2D eigenvalue weighted by Gasteiger charge is -2.50. The zero-order chi connectivity index (χ0) is 33.4. The number of likely N-dealkylation sites (tertiary alicyclic amines) is 1. The molecular weight excluding hydrogens is 626 g/mol. The standard InChI is InChI=1S/C35H30ClN3O8/c1-46-25-13-17(14-26(47-2)29(25)40)28-21-11-12-22-27(32(43)39(30(22)41)34(37)45)23(21)16-24-31(42)38(20-10-6-9-19(36)15-20)33(44)35(24,28)18-7-4-3-5-8-18/h3-11,13-15,22-24,27-28,40H,12,16H2,1-2H3,(H2,37,45). The molecule has 4 aliphatic rings.